The van der Waals surface area contributed by atoms with E-state index in [0.717, 1.165) is 11.4 Å². The minimum atomic E-state index is -0.850. The molecule has 1 fully saturated rings. The fourth-order valence-electron chi connectivity index (χ4n) is 2.23. The van der Waals surface area contributed by atoms with Gasteiger partial charge in [-0.05, 0) is 32.9 Å². The first-order valence-electron chi connectivity index (χ1n) is 6.41. The van der Waals surface area contributed by atoms with Crippen LogP contribution in [0.15, 0.2) is 18.2 Å². The zero-order chi connectivity index (χ0) is 14.0. The molecule has 0 unspecified atom stereocenters. The minimum absolute atomic E-state index is 0.0679. The van der Waals surface area contributed by atoms with Gasteiger partial charge in [-0.1, -0.05) is 6.07 Å². The van der Waals surface area contributed by atoms with Crippen molar-refractivity contribution in [3.05, 3.63) is 29.6 Å². The summed E-state index contributed by atoms with van der Waals surface area (Å²) in [5.74, 6) is -0.153. The second-order valence-corrected chi connectivity index (χ2v) is 5.42. The molecule has 0 radical (unpaired) electrons. The first-order chi connectivity index (χ1) is 8.88. The molecule has 0 saturated carbocycles. The summed E-state index contributed by atoms with van der Waals surface area (Å²) in [6.07, 6.45) is 0.334. The average Bonchev–Trinajstić information content (AvgIpc) is 2.40. The Balaban J connectivity index is 2.19. The molecule has 1 saturated heterocycles. The molecular formula is C14H19N3O2. The van der Waals surface area contributed by atoms with Crippen LogP contribution in [0.2, 0.25) is 0 Å². The van der Waals surface area contributed by atoms with Crippen LogP contribution in [0.1, 0.15) is 31.7 Å². The molecule has 5 nitrogen and oxygen atoms in total. The van der Waals surface area contributed by atoms with Crippen LogP contribution in [0, 0.1) is 6.92 Å². The third-order valence-electron chi connectivity index (χ3n) is 3.18. The van der Waals surface area contributed by atoms with Crippen molar-refractivity contribution in [3.63, 3.8) is 0 Å². The molecule has 1 aromatic rings. The maximum absolute atomic E-state index is 12.4. The van der Waals surface area contributed by atoms with Gasteiger partial charge in [0.05, 0.1) is 12.2 Å². The van der Waals surface area contributed by atoms with E-state index in [2.05, 4.69) is 10.3 Å². The average molecular weight is 261 g/mol. The summed E-state index contributed by atoms with van der Waals surface area (Å²) in [6, 6.07) is 5.74. The van der Waals surface area contributed by atoms with E-state index in [-0.39, 0.29) is 11.8 Å². The lowest BCUT2D eigenvalue weighted by molar-refractivity contribution is -0.137. The third kappa shape index (κ3) is 3.10. The van der Waals surface area contributed by atoms with Crippen molar-refractivity contribution >= 4 is 11.8 Å². The number of amides is 2. The molecule has 1 aromatic heterocycles. The highest BCUT2D eigenvalue weighted by molar-refractivity contribution is 5.92. The smallest absolute Gasteiger partial charge is 0.248 e. The molecule has 0 aliphatic carbocycles. The molecule has 2 amide bonds. The molecule has 0 aromatic carbocycles. The van der Waals surface area contributed by atoms with Crippen molar-refractivity contribution in [2.45, 2.75) is 39.3 Å². The summed E-state index contributed by atoms with van der Waals surface area (Å²) in [6.45, 7) is 6.26. The van der Waals surface area contributed by atoms with E-state index in [1.807, 2.05) is 25.1 Å². The molecule has 1 aliphatic heterocycles. The summed E-state index contributed by atoms with van der Waals surface area (Å²) in [5, 5.41) is 2.74. The summed E-state index contributed by atoms with van der Waals surface area (Å²) in [5.41, 5.74) is 0.920. The van der Waals surface area contributed by atoms with Crippen LogP contribution in [0.3, 0.4) is 0 Å². The van der Waals surface area contributed by atoms with Crippen LogP contribution in [-0.4, -0.2) is 33.8 Å². The van der Waals surface area contributed by atoms with Gasteiger partial charge >= 0.3 is 0 Å². The number of hydrogen-bond donors (Lipinski definition) is 1. The Bertz CT molecular complexity index is 511. The van der Waals surface area contributed by atoms with Gasteiger partial charge in [0.15, 0.2) is 0 Å². The van der Waals surface area contributed by atoms with Crippen molar-refractivity contribution in [3.8, 4) is 0 Å². The van der Waals surface area contributed by atoms with Gasteiger partial charge in [-0.15, -0.1) is 0 Å². The van der Waals surface area contributed by atoms with E-state index in [0.29, 0.717) is 19.5 Å². The molecule has 2 rings (SSSR count). The van der Waals surface area contributed by atoms with E-state index in [1.54, 1.807) is 18.7 Å². The topological polar surface area (TPSA) is 62.3 Å². The summed E-state index contributed by atoms with van der Waals surface area (Å²) < 4.78 is 0. The first kappa shape index (κ1) is 13.5. The van der Waals surface area contributed by atoms with Crippen LogP contribution in [0.25, 0.3) is 0 Å². The number of aromatic nitrogens is 1. The van der Waals surface area contributed by atoms with Crippen LogP contribution < -0.4 is 5.32 Å². The van der Waals surface area contributed by atoms with Crippen molar-refractivity contribution in [1.29, 1.82) is 0 Å². The fraction of sp³-hybridized carbons (Fsp3) is 0.500. The Hall–Kier alpha value is -1.91. The van der Waals surface area contributed by atoms with Crippen molar-refractivity contribution in [2.24, 2.45) is 0 Å². The molecule has 102 valence electrons. The molecule has 0 atom stereocenters. The fourth-order valence-corrected chi connectivity index (χ4v) is 2.23. The van der Waals surface area contributed by atoms with E-state index in [4.69, 9.17) is 0 Å². The van der Waals surface area contributed by atoms with Gasteiger partial charge in [0.1, 0.15) is 5.54 Å². The number of hydrogen-bond acceptors (Lipinski definition) is 3. The van der Waals surface area contributed by atoms with Gasteiger partial charge in [0.2, 0.25) is 11.8 Å². The van der Waals surface area contributed by atoms with Gasteiger partial charge in [-0.3, -0.25) is 14.6 Å². The van der Waals surface area contributed by atoms with Gasteiger partial charge in [-0.2, -0.15) is 0 Å². The highest BCUT2D eigenvalue weighted by atomic mass is 16.2. The van der Waals surface area contributed by atoms with Crippen molar-refractivity contribution in [1.82, 2.24) is 15.2 Å². The van der Waals surface area contributed by atoms with Crippen LogP contribution >= 0.6 is 0 Å². The van der Waals surface area contributed by atoms with E-state index in [1.165, 1.54) is 0 Å². The number of carbonyl (C=O) groups excluding carboxylic acids is 2. The second kappa shape index (κ2) is 4.99. The lowest BCUT2D eigenvalue weighted by Crippen LogP contribution is -2.52. The number of nitrogens with zero attached hydrogens (tertiary/aromatic N) is 2. The van der Waals surface area contributed by atoms with Crippen molar-refractivity contribution < 1.29 is 9.59 Å². The number of rotatable bonds is 2. The molecule has 0 spiro atoms. The van der Waals surface area contributed by atoms with Crippen LogP contribution in [0.5, 0.6) is 0 Å². The minimum Gasteiger partial charge on any atom is -0.342 e. The normalized spacial score (nSPS) is 19.0. The Labute approximate surface area is 113 Å². The zero-order valence-electron chi connectivity index (χ0n) is 11.6. The Morgan fingerprint density at radius 3 is 2.79 bits per heavy atom. The predicted octanol–water partition coefficient (Wildman–Crippen LogP) is 1.02. The van der Waals surface area contributed by atoms with Crippen molar-refractivity contribution in [2.75, 3.05) is 6.54 Å². The van der Waals surface area contributed by atoms with Gasteiger partial charge in [0, 0.05) is 18.7 Å². The quantitative estimate of drug-likeness (QED) is 0.864. The number of aryl methyl sites for hydroxylation is 1. The molecule has 2 heterocycles. The molecule has 5 heteroatoms. The predicted molar refractivity (Wildman–Crippen MR) is 71.2 cm³/mol. The largest absolute Gasteiger partial charge is 0.342 e. The standard InChI is InChI=1S/C14H19N3O2/c1-10-5-4-6-11(15-10)9-17-8-7-12(18)16-14(2,3)13(17)19/h4-6H,7-9H2,1-3H3,(H,16,18). The molecular weight excluding hydrogens is 242 g/mol. The lowest BCUT2D eigenvalue weighted by atomic mass is 10.0. The van der Waals surface area contributed by atoms with E-state index < -0.39 is 5.54 Å². The lowest BCUT2D eigenvalue weighted by Gasteiger charge is -2.28. The summed E-state index contributed by atoms with van der Waals surface area (Å²) in [4.78, 5) is 30.1. The van der Waals surface area contributed by atoms with Crippen LogP contribution in [-0.2, 0) is 16.1 Å². The molecule has 19 heavy (non-hydrogen) atoms. The van der Waals surface area contributed by atoms with Gasteiger partial charge in [-0.25, -0.2) is 0 Å². The Morgan fingerprint density at radius 2 is 2.11 bits per heavy atom. The van der Waals surface area contributed by atoms with E-state index in [9.17, 15) is 9.59 Å². The SMILES string of the molecule is Cc1cccc(CN2CCC(=O)NC(C)(C)C2=O)n1. The van der Waals surface area contributed by atoms with Gasteiger partial charge < -0.3 is 10.2 Å². The number of pyridine rings is 1. The maximum Gasteiger partial charge on any atom is 0.248 e. The number of carbonyl (C=O) groups is 2. The molecule has 1 aliphatic rings. The van der Waals surface area contributed by atoms with Gasteiger partial charge in [0.25, 0.3) is 0 Å². The first-order valence-corrected chi connectivity index (χ1v) is 6.41. The summed E-state index contributed by atoms with van der Waals surface area (Å²) >= 11 is 0. The second-order valence-electron chi connectivity index (χ2n) is 5.42. The number of nitrogens with one attached hydrogen (secondary N) is 1. The maximum atomic E-state index is 12.4. The molecule has 0 bridgehead atoms. The monoisotopic (exact) mass is 261 g/mol. The van der Waals surface area contributed by atoms with Crippen LogP contribution in [0.4, 0.5) is 0 Å². The highest BCUT2D eigenvalue weighted by Crippen LogP contribution is 2.15. The Morgan fingerprint density at radius 1 is 1.37 bits per heavy atom. The zero-order valence-corrected chi connectivity index (χ0v) is 11.6. The van der Waals surface area contributed by atoms with E-state index >= 15 is 0 Å². The molecule has 1 N–H and O–H groups in total. The summed E-state index contributed by atoms with van der Waals surface area (Å²) in [7, 11) is 0. The third-order valence-corrected chi connectivity index (χ3v) is 3.18. The Kier molecular flexibility index (Phi) is 3.55. The highest BCUT2D eigenvalue weighted by Gasteiger charge is 2.36.